The molecular weight excluding hydrogens is 334 g/mol. The van der Waals surface area contributed by atoms with Gasteiger partial charge in [-0.05, 0) is 38.5 Å². The maximum Gasteiger partial charge on any atom is 0.332 e. The number of nitrogens with zero attached hydrogens (tertiary/aromatic N) is 3. The topological polar surface area (TPSA) is 84.7 Å². The smallest absolute Gasteiger partial charge is 0.332 e. The van der Waals surface area contributed by atoms with E-state index in [-0.39, 0.29) is 12.0 Å². The summed E-state index contributed by atoms with van der Waals surface area (Å²) in [5, 5.41) is 13.5. The van der Waals surface area contributed by atoms with Gasteiger partial charge in [-0.25, -0.2) is 4.79 Å². The summed E-state index contributed by atoms with van der Waals surface area (Å²) in [4.78, 5) is 25.5. The Balaban J connectivity index is 1.58. The van der Waals surface area contributed by atoms with Gasteiger partial charge in [0, 0.05) is 19.6 Å². The van der Waals surface area contributed by atoms with E-state index in [1.54, 1.807) is 9.58 Å². The third-order valence-corrected chi connectivity index (χ3v) is 5.25. The molecule has 1 amide bonds. The number of piperidine rings is 1. The van der Waals surface area contributed by atoms with Gasteiger partial charge >= 0.3 is 5.97 Å². The predicted octanol–water partition coefficient (Wildman–Crippen LogP) is 2.04. The van der Waals surface area contributed by atoms with E-state index in [1.807, 2.05) is 6.92 Å². The molecule has 0 saturated carbocycles. The summed E-state index contributed by atoms with van der Waals surface area (Å²) in [6.07, 6.45) is 3.82. The molecule has 2 atom stereocenters. The van der Waals surface area contributed by atoms with Gasteiger partial charge in [-0.2, -0.15) is 5.10 Å². The van der Waals surface area contributed by atoms with E-state index < -0.39 is 12.1 Å². The summed E-state index contributed by atoms with van der Waals surface area (Å²) in [5.41, 5.74) is 0.445. The van der Waals surface area contributed by atoms with Gasteiger partial charge in [0.25, 0.3) is 5.91 Å². The zero-order valence-electron chi connectivity index (χ0n) is 13.7. The third kappa shape index (κ3) is 3.28. The molecule has 0 unspecified atom stereocenters. The molecule has 0 bridgehead atoms. The van der Waals surface area contributed by atoms with Crippen molar-refractivity contribution < 1.29 is 19.4 Å². The molecule has 1 N–H and O–H groups in total. The van der Waals surface area contributed by atoms with Gasteiger partial charge in [-0.15, -0.1) is 0 Å². The first-order valence-electron chi connectivity index (χ1n) is 8.40. The normalized spacial score (nSPS) is 25.2. The van der Waals surface area contributed by atoms with Crippen molar-refractivity contribution in [2.45, 2.75) is 51.4 Å². The first-order chi connectivity index (χ1) is 11.5. The van der Waals surface area contributed by atoms with Crippen molar-refractivity contribution in [3.05, 3.63) is 16.9 Å². The molecule has 0 aromatic carbocycles. The van der Waals surface area contributed by atoms with Crippen molar-refractivity contribution in [3.63, 3.8) is 0 Å². The average Bonchev–Trinajstić information content (AvgIpc) is 3.21. The second-order valence-corrected chi connectivity index (χ2v) is 6.77. The fourth-order valence-electron chi connectivity index (χ4n) is 3.63. The van der Waals surface area contributed by atoms with Crippen LogP contribution in [0.25, 0.3) is 0 Å². The third-order valence-electron chi connectivity index (χ3n) is 4.98. The number of aromatic nitrogens is 2. The maximum absolute atomic E-state index is 12.7. The fraction of sp³-hybridized carbons (Fsp3) is 0.688. The number of rotatable bonds is 4. The van der Waals surface area contributed by atoms with E-state index in [0.29, 0.717) is 42.7 Å². The Kier molecular flexibility index (Phi) is 5.10. The van der Waals surface area contributed by atoms with Gasteiger partial charge < -0.3 is 14.7 Å². The molecule has 24 heavy (non-hydrogen) atoms. The van der Waals surface area contributed by atoms with Crippen LogP contribution in [0.1, 0.15) is 43.1 Å². The number of hydrogen-bond acceptors (Lipinski definition) is 4. The lowest BCUT2D eigenvalue weighted by molar-refractivity contribution is -0.150. The number of amides is 1. The molecule has 0 spiro atoms. The number of carboxylic acids is 1. The van der Waals surface area contributed by atoms with Crippen molar-refractivity contribution >= 4 is 23.5 Å². The molecular formula is C16H22ClN3O4. The number of likely N-dealkylation sites (tertiary alicyclic amines) is 1. The Morgan fingerprint density at radius 3 is 2.62 bits per heavy atom. The fourth-order valence-corrected chi connectivity index (χ4v) is 3.85. The molecule has 0 aliphatic carbocycles. The second kappa shape index (κ2) is 7.11. The molecule has 0 radical (unpaired) electrons. The number of ether oxygens (including phenoxy) is 1. The van der Waals surface area contributed by atoms with Gasteiger partial charge in [-0.3, -0.25) is 9.48 Å². The van der Waals surface area contributed by atoms with Crippen LogP contribution >= 0.6 is 11.6 Å². The van der Waals surface area contributed by atoms with Crippen LogP contribution in [0.3, 0.4) is 0 Å². The molecule has 1 aromatic rings. The first kappa shape index (κ1) is 17.2. The minimum atomic E-state index is -0.882. The van der Waals surface area contributed by atoms with Gasteiger partial charge in [0.05, 0.1) is 17.3 Å². The van der Waals surface area contributed by atoms with E-state index in [0.717, 1.165) is 19.3 Å². The quantitative estimate of drug-likeness (QED) is 0.893. The summed E-state index contributed by atoms with van der Waals surface area (Å²) in [7, 11) is 0. The van der Waals surface area contributed by atoms with Crippen LogP contribution in [0.4, 0.5) is 0 Å². The highest BCUT2D eigenvalue weighted by Gasteiger charge is 2.37. The lowest BCUT2D eigenvalue weighted by Gasteiger charge is -2.34. The highest BCUT2D eigenvalue weighted by Crippen LogP contribution is 2.32. The molecule has 7 nitrogen and oxygen atoms in total. The van der Waals surface area contributed by atoms with Crippen molar-refractivity contribution in [3.8, 4) is 0 Å². The molecule has 132 valence electrons. The Hall–Kier alpha value is -1.60. The Bertz CT molecular complexity index is 625. The zero-order valence-corrected chi connectivity index (χ0v) is 14.4. The Morgan fingerprint density at radius 2 is 2.04 bits per heavy atom. The first-order valence-corrected chi connectivity index (χ1v) is 8.78. The van der Waals surface area contributed by atoms with Crippen molar-refractivity contribution in [2.75, 3.05) is 13.1 Å². The molecule has 2 aliphatic heterocycles. The van der Waals surface area contributed by atoms with Crippen LogP contribution in [0.15, 0.2) is 6.20 Å². The van der Waals surface area contributed by atoms with E-state index in [9.17, 15) is 9.59 Å². The molecule has 3 heterocycles. The molecule has 1 aromatic heterocycles. The summed E-state index contributed by atoms with van der Waals surface area (Å²) in [6, 6.07) is 0. The van der Waals surface area contributed by atoms with E-state index in [4.69, 9.17) is 21.4 Å². The number of halogens is 1. The standard InChI is InChI=1S/C16H22ClN3O4/c1-2-20-14(11(17)9-18-20)15(21)19-7-5-10(6-8-19)12-3-4-13(24-12)16(22)23/h9-10,12-13H,2-8H2,1H3,(H,22,23)/t12-,13+/m0/s1. The van der Waals surface area contributed by atoms with Gasteiger partial charge in [0.1, 0.15) is 5.69 Å². The number of aryl methyl sites for hydroxylation is 1. The molecule has 8 heteroatoms. The number of carbonyl (C=O) groups is 2. The second-order valence-electron chi connectivity index (χ2n) is 6.37. The highest BCUT2D eigenvalue weighted by atomic mass is 35.5. The van der Waals surface area contributed by atoms with Crippen LogP contribution in [-0.2, 0) is 16.1 Å². The zero-order chi connectivity index (χ0) is 17.3. The molecule has 2 saturated heterocycles. The van der Waals surface area contributed by atoms with Crippen LogP contribution in [0.5, 0.6) is 0 Å². The van der Waals surface area contributed by atoms with Crippen LogP contribution in [0.2, 0.25) is 5.02 Å². The highest BCUT2D eigenvalue weighted by molar-refractivity contribution is 6.33. The Morgan fingerprint density at radius 1 is 1.33 bits per heavy atom. The minimum absolute atomic E-state index is 0.00638. The largest absolute Gasteiger partial charge is 0.479 e. The van der Waals surface area contributed by atoms with E-state index in [1.165, 1.54) is 6.20 Å². The summed E-state index contributed by atoms with van der Waals surface area (Å²) >= 11 is 6.11. The lowest BCUT2D eigenvalue weighted by Crippen LogP contribution is -2.42. The number of hydrogen-bond donors (Lipinski definition) is 1. The van der Waals surface area contributed by atoms with E-state index in [2.05, 4.69) is 5.10 Å². The SMILES string of the molecule is CCn1ncc(Cl)c1C(=O)N1CCC([C@@H]2CC[C@H](C(=O)O)O2)CC1. The molecule has 3 rings (SSSR count). The van der Waals surface area contributed by atoms with Crippen LogP contribution in [-0.4, -0.2) is 57.0 Å². The lowest BCUT2D eigenvalue weighted by atomic mass is 9.89. The summed E-state index contributed by atoms with van der Waals surface area (Å²) < 4.78 is 7.27. The van der Waals surface area contributed by atoms with Crippen molar-refractivity contribution in [2.24, 2.45) is 5.92 Å². The summed E-state index contributed by atoms with van der Waals surface area (Å²) in [6.45, 7) is 3.78. The van der Waals surface area contributed by atoms with E-state index >= 15 is 0 Å². The monoisotopic (exact) mass is 355 g/mol. The van der Waals surface area contributed by atoms with Gasteiger partial charge in [0.15, 0.2) is 6.10 Å². The minimum Gasteiger partial charge on any atom is -0.479 e. The van der Waals surface area contributed by atoms with Gasteiger partial charge in [-0.1, -0.05) is 11.6 Å². The number of aliphatic carboxylic acids is 1. The van der Waals surface area contributed by atoms with Crippen molar-refractivity contribution in [1.82, 2.24) is 14.7 Å². The Labute approximate surface area is 145 Å². The average molecular weight is 356 g/mol. The maximum atomic E-state index is 12.7. The predicted molar refractivity (Wildman–Crippen MR) is 87.1 cm³/mol. The van der Waals surface area contributed by atoms with Crippen LogP contribution < -0.4 is 0 Å². The van der Waals surface area contributed by atoms with Crippen molar-refractivity contribution in [1.29, 1.82) is 0 Å². The molecule has 2 fully saturated rings. The summed E-state index contributed by atoms with van der Waals surface area (Å²) in [5.74, 6) is -0.661. The number of carbonyl (C=O) groups excluding carboxylic acids is 1. The molecule has 2 aliphatic rings. The van der Waals surface area contributed by atoms with Gasteiger partial charge in [0.2, 0.25) is 0 Å². The van der Waals surface area contributed by atoms with Crippen LogP contribution in [0, 0.1) is 5.92 Å². The number of carboxylic acid groups (broad SMARTS) is 1.